The van der Waals surface area contributed by atoms with Crippen LogP contribution in [-0.2, 0) is 13.9 Å². The van der Waals surface area contributed by atoms with Crippen LogP contribution in [-0.4, -0.2) is 53.6 Å². The maximum atomic E-state index is 12.5. The molecule has 1 atom stereocenters. The molecule has 0 aliphatic carbocycles. The molecule has 0 saturated carbocycles. The number of dihydropyridines is 1. The molecule has 3 aliphatic heterocycles. The molecular formula is C11H10ClF3N7O3+. The van der Waals surface area contributed by atoms with Gasteiger partial charge < -0.3 is 10.1 Å². The molecular weight excluding hydrogens is 371 g/mol. The lowest BCUT2D eigenvalue weighted by Crippen LogP contribution is -2.45. The lowest BCUT2D eigenvalue weighted by atomic mass is 10.1. The van der Waals surface area contributed by atoms with Gasteiger partial charge in [0.25, 0.3) is 12.1 Å². The number of amides is 1. The number of nitrogens with zero attached hydrogens (tertiary/aromatic N) is 5. The van der Waals surface area contributed by atoms with E-state index in [9.17, 15) is 18.0 Å². The van der Waals surface area contributed by atoms with Crippen molar-refractivity contribution in [2.24, 2.45) is 15.3 Å². The number of azo groups is 1. The van der Waals surface area contributed by atoms with Gasteiger partial charge in [0.1, 0.15) is 5.70 Å². The van der Waals surface area contributed by atoms with E-state index in [4.69, 9.17) is 16.6 Å². The molecule has 0 aromatic carbocycles. The summed E-state index contributed by atoms with van der Waals surface area (Å²) in [6.45, 7) is -1.14. The highest BCUT2D eigenvalue weighted by molar-refractivity contribution is 6.06. The zero-order valence-corrected chi connectivity index (χ0v) is 13.0. The van der Waals surface area contributed by atoms with Crippen molar-refractivity contribution in [3.63, 3.8) is 0 Å². The topological polar surface area (TPSA) is 103 Å². The Morgan fingerprint density at radius 2 is 2.36 bits per heavy atom. The first-order valence-corrected chi connectivity index (χ1v) is 7.04. The fourth-order valence-corrected chi connectivity index (χ4v) is 2.34. The quantitative estimate of drug-likeness (QED) is 0.420. The van der Waals surface area contributed by atoms with Crippen molar-refractivity contribution in [1.82, 2.24) is 15.8 Å². The van der Waals surface area contributed by atoms with Crippen molar-refractivity contribution >= 4 is 30.1 Å². The molecule has 0 spiro atoms. The first-order valence-electron chi connectivity index (χ1n) is 6.73. The summed E-state index contributed by atoms with van der Waals surface area (Å²) in [6.07, 6.45) is -1.66. The number of guanidine groups is 1. The molecule has 1 amide bonds. The molecule has 0 fully saturated rings. The van der Waals surface area contributed by atoms with Gasteiger partial charge >= 0.3 is 12.1 Å². The number of hydrogen-bond acceptors (Lipinski definition) is 6. The average molecular weight is 381 g/mol. The monoisotopic (exact) mass is 380 g/mol. The van der Waals surface area contributed by atoms with E-state index in [1.54, 1.807) is 12.2 Å². The summed E-state index contributed by atoms with van der Waals surface area (Å²) in [4.78, 5) is 11.2. The molecule has 3 rings (SSSR count). The summed E-state index contributed by atoms with van der Waals surface area (Å²) in [7, 11) is 0. The molecule has 2 N–H and O–H groups in total. The summed E-state index contributed by atoms with van der Waals surface area (Å²) in [5.74, 6) is -0.482. The van der Waals surface area contributed by atoms with E-state index in [1.807, 2.05) is 0 Å². The fraction of sp³-hybridized carbons (Fsp3) is 0.364. The van der Waals surface area contributed by atoms with E-state index in [0.29, 0.717) is 17.0 Å². The first kappa shape index (κ1) is 17.0. The maximum absolute atomic E-state index is 12.5. The van der Waals surface area contributed by atoms with Gasteiger partial charge in [-0.3, -0.25) is 4.79 Å². The SMILES string of the molecule is O=CN[N+](OCl)=C1N=NC2C3=C(NCC=C3)C(OCC(F)(F)F)=NN12. The van der Waals surface area contributed by atoms with E-state index in [1.165, 1.54) is 0 Å². The first-order chi connectivity index (χ1) is 11.9. The standard InChI is InChI=1S/C11H9ClF3N7O3/c12-25-22(17-5-23)10-19-18-8-6-2-1-3-16-7(6)9(20-21(8)10)24-4-11(13,14)15/h1-2,5,8,16H,3-4H2/p+1. The lowest BCUT2D eigenvalue weighted by Gasteiger charge is -2.26. The molecule has 134 valence electrons. The van der Waals surface area contributed by atoms with Crippen molar-refractivity contribution in [2.45, 2.75) is 12.3 Å². The van der Waals surface area contributed by atoms with Crippen molar-refractivity contribution in [3.05, 3.63) is 23.4 Å². The highest BCUT2D eigenvalue weighted by atomic mass is 35.5. The van der Waals surface area contributed by atoms with E-state index >= 15 is 0 Å². The van der Waals surface area contributed by atoms with E-state index in [2.05, 4.69) is 30.5 Å². The van der Waals surface area contributed by atoms with Crippen molar-refractivity contribution in [3.8, 4) is 0 Å². The number of hydrazine groups is 1. The number of fused-ring (bicyclic) bond motifs is 2. The Morgan fingerprint density at radius 1 is 1.56 bits per heavy atom. The van der Waals surface area contributed by atoms with Crippen LogP contribution in [0.5, 0.6) is 0 Å². The van der Waals surface area contributed by atoms with Gasteiger partial charge in [0.15, 0.2) is 18.5 Å². The molecule has 0 aromatic heterocycles. The number of carbonyl (C=O) groups is 1. The predicted octanol–water partition coefficient (Wildman–Crippen LogP) is 0.515. The van der Waals surface area contributed by atoms with Crippen LogP contribution >= 0.6 is 11.9 Å². The summed E-state index contributed by atoms with van der Waals surface area (Å²) in [6, 6.07) is 0. The third-order valence-electron chi connectivity index (χ3n) is 3.16. The second-order valence-electron chi connectivity index (χ2n) is 4.77. The highest BCUT2D eigenvalue weighted by Gasteiger charge is 2.48. The normalized spacial score (nSPS) is 23.4. The van der Waals surface area contributed by atoms with Crippen LogP contribution in [0.1, 0.15) is 0 Å². The third kappa shape index (κ3) is 3.35. The van der Waals surface area contributed by atoms with Crippen LogP contribution in [0.3, 0.4) is 0 Å². The number of hydrazone groups is 2. The summed E-state index contributed by atoms with van der Waals surface area (Å²) in [5.41, 5.74) is 2.83. The van der Waals surface area contributed by atoms with Crippen molar-refractivity contribution in [1.29, 1.82) is 0 Å². The van der Waals surface area contributed by atoms with Gasteiger partial charge in [-0.2, -0.15) is 18.6 Å². The van der Waals surface area contributed by atoms with Crippen LogP contribution in [0.25, 0.3) is 0 Å². The Morgan fingerprint density at radius 3 is 3.04 bits per heavy atom. The molecule has 25 heavy (non-hydrogen) atoms. The van der Waals surface area contributed by atoms with Gasteiger partial charge in [-0.1, -0.05) is 27.4 Å². The minimum absolute atomic E-state index is 0.175. The van der Waals surface area contributed by atoms with Crippen LogP contribution in [0, 0.1) is 0 Å². The van der Waals surface area contributed by atoms with E-state index in [0.717, 1.165) is 5.01 Å². The Bertz CT molecular complexity index is 731. The van der Waals surface area contributed by atoms with Crippen molar-refractivity contribution in [2.75, 3.05) is 13.2 Å². The van der Waals surface area contributed by atoms with Crippen molar-refractivity contribution < 1.29 is 31.9 Å². The molecule has 10 nitrogen and oxygen atoms in total. The zero-order chi connectivity index (χ0) is 18.0. The summed E-state index contributed by atoms with van der Waals surface area (Å²) >= 11 is 5.24. The number of hydrogen-bond donors (Lipinski definition) is 2. The maximum Gasteiger partial charge on any atom is 0.500 e. The Labute approximate surface area is 143 Å². The van der Waals surface area contributed by atoms with Crippen LogP contribution < -0.4 is 10.7 Å². The van der Waals surface area contributed by atoms with Gasteiger partial charge in [-0.05, 0) is 0 Å². The van der Waals surface area contributed by atoms with Gasteiger partial charge in [0, 0.05) is 12.1 Å². The van der Waals surface area contributed by atoms with Crippen LogP contribution in [0.2, 0.25) is 0 Å². The van der Waals surface area contributed by atoms with Gasteiger partial charge in [-0.25, -0.2) is 4.39 Å². The van der Waals surface area contributed by atoms with E-state index in [-0.39, 0.29) is 24.0 Å². The Hall–Kier alpha value is -2.83. The average Bonchev–Trinajstić information content (AvgIpc) is 3.00. The second-order valence-corrected chi connectivity index (χ2v) is 4.90. The minimum Gasteiger partial charge on any atom is -0.465 e. The minimum atomic E-state index is -4.54. The summed E-state index contributed by atoms with van der Waals surface area (Å²) < 4.78 is 46.6. The molecule has 0 radical (unpaired) electrons. The molecule has 1 unspecified atom stereocenters. The number of rotatable bonds is 4. The molecule has 3 heterocycles. The molecule has 14 heteroatoms. The van der Waals surface area contributed by atoms with Gasteiger partial charge in [-0.15, -0.1) is 0 Å². The highest BCUT2D eigenvalue weighted by Crippen LogP contribution is 2.30. The fourth-order valence-electron chi connectivity index (χ4n) is 2.24. The molecule has 0 aromatic rings. The van der Waals surface area contributed by atoms with Gasteiger partial charge in [0.2, 0.25) is 6.41 Å². The van der Waals surface area contributed by atoms with E-state index < -0.39 is 18.9 Å². The summed E-state index contributed by atoms with van der Waals surface area (Å²) in [5, 5.41) is 15.7. The predicted molar refractivity (Wildman–Crippen MR) is 75.5 cm³/mol. The van der Waals surface area contributed by atoms with Crippen LogP contribution in [0.15, 0.2) is 38.8 Å². The largest absolute Gasteiger partial charge is 0.500 e. The molecule has 0 bridgehead atoms. The zero-order valence-electron chi connectivity index (χ0n) is 12.2. The lowest BCUT2D eigenvalue weighted by molar-refractivity contribution is -0.783. The molecule has 0 saturated heterocycles. The smallest absolute Gasteiger partial charge is 0.465 e. The Kier molecular flexibility index (Phi) is 4.48. The number of halogens is 4. The van der Waals surface area contributed by atoms with Crippen LogP contribution in [0.4, 0.5) is 13.2 Å². The third-order valence-corrected chi connectivity index (χ3v) is 3.30. The number of ether oxygens (including phenoxy) is 1. The Balaban J connectivity index is 1.98. The number of nitrogens with one attached hydrogen (secondary N) is 2. The number of carbonyl (C=O) groups excluding carboxylic acids is 1. The van der Waals surface area contributed by atoms with Gasteiger partial charge in [0.05, 0.1) is 9.96 Å². The number of alkyl halides is 3. The second kappa shape index (κ2) is 6.58. The molecule has 3 aliphatic rings.